The van der Waals surface area contributed by atoms with Crippen molar-refractivity contribution in [1.82, 2.24) is 0 Å². The number of benzene rings is 1. The summed E-state index contributed by atoms with van der Waals surface area (Å²) in [6.07, 6.45) is 6.66. The molecule has 0 saturated heterocycles. The van der Waals surface area contributed by atoms with Gasteiger partial charge in [0, 0.05) is 11.6 Å². The molecule has 0 amide bonds. The highest BCUT2D eigenvalue weighted by Crippen LogP contribution is 2.32. The smallest absolute Gasteiger partial charge is 0.129 e. The number of rotatable bonds is 2. The molecule has 0 aromatic heterocycles. The van der Waals surface area contributed by atoms with E-state index in [-0.39, 0.29) is 5.82 Å². The molecule has 0 fully saturated rings. The van der Waals surface area contributed by atoms with Crippen molar-refractivity contribution < 1.29 is 14.2 Å². The number of methoxy groups -OCH3 is 1. The largest absolute Gasteiger partial charge is 0.496 e. The van der Waals surface area contributed by atoms with Gasteiger partial charge in [-0.3, -0.25) is 0 Å². The lowest BCUT2D eigenvalue weighted by Crippen LogP contribution is -2.11. The summed E-state index contributed by atoms with van der Waals surface area (Å²) in [5.74, 6) is 0.0607. The Morgan fingerprint density at radius 2 is 1.94 bits per heavy atom. The Kier molecular flexibility index (Phi) is 3.63. The summed E-state index contributed by atoms with van der Waals surface area (Å²) < 4.78 is 18.3. The van der Waals surface area contributed by atoms with Crippen LogP contribution in [0, 0.1) is 5.82 Å². The number of ether oxygens (including phenoxy) is 1. The van der Waals surface area contributed by atoms with E-state index in [0.717, 1.165) is 5.57 Å². The fourth-order valence-electron chi connectivity index (χ4n) is 1.93. The van der Waals surface area contributed by atoms with Gasteiger partial charge in [0.15, 0.2) is 0 Å². The molecule has 0 aliphatic heterocycles. The van der Waals surface area contributed by atoms with Crippen LogP contribution in [0.15, 0.2) is 48.1 Å². The Hall–Kier alpha value is -1.87. The van der Waals surface area contributed by atoms with Crippen molar-refractivity contribution in [2.45, 2.75) is 13.0 Å². The van der Waals surface area contributed by atoms with Crippen LogP contribution in [-0.4, -0.2) is 18.3 Å². The second kappa shape index (κ2) is 5.19. The predicted molar refractivity (Wildman–Crippen MR) is 69.8 cm³/mol. The van der Waals surface area contributed by atoms with Crippen LogP contribution in [0.5, 0.6) is 5.75 Å². The van der Waals surface area contributed by atoms with Crippen LogP contribution in [0.1, 0.15) is 12.5 Å². The molecule has 2 rings (SSSR count). The molecule has 18 heavy (non-hydrogen) atoms. The Bertz CT molecular complexity index is 541. The molecule has 1 aromatic carbocycles. The number of aliphatic hydroxyl groups excluding tert-OH is 1. The fraction of sp³-hybridized carbons (Fsp3) is 0.200. The van der Waals surface area contributed by atoms with E-state index in [1.807, 2.05) is 31.2 Å². The molecule has 1 unspecified atom stereocenters. The van der Waals surface area contributed by atoms with Crippen molar-refractivity contribution in [3.63, 3.8) is 0 Å². The first-order chi connectivity index (χ1) is 8.63. The third-order valence-corrected chi connectivity index (χ3v) is 2.95. The van der Waals surface area contributed by atoms with Gasteiger partial charge < -0.3 is 9.84 Å². The molecule has 0 spiro atoms. The third kappa shape index (κ3) is 2.36. The average Bonchev–Trinajstić information content (AvgIpc) is 2.53. The van der Waals surface area contributed by atoms with Gasteiger partial charge in [-0.2, -0.15) is 0 Å². The first-order valence-electron chi connectivity index (χ1n) is 5.70. The van der Waals surface area contributed by atoms with Crippen molar-refractivity contribution in [2.24, 2.45) is 0 Å². The highest BCUT2D eigenvalue weighted by Gasteiger charge is 2.18. The summed E-state index contributed by atoms with van der Waals surface area (Å²) in [4.78, 5) is 0. The van der Waals surface area contributed by atoms with Gasteiger partial charge in [0.1, 0.15) is 17.7 Å². The van der Waals surface area contributed by atoms with Gasteiger partial charge >= 0.3 is 0 Å². The normalized spacial score (nSPS) is 19.0. The molecule has 94 valence electrons. The molecular weight excluding hydrogens is 231 g/mol. The summed E-state index contributed by atoms with van der Waals surface area (Å²) in [6.45, 7) is 1.85. The summed E-state index contributed by atoms with van der Waals surface area (Å²) in [5.41, 5.74) is 2.24. The zero-order valence-electron chi connectivity index (χ0n) is 10.4. The minimum atomic E-state index is -0.709. The van der Waals surface area contributed by atoms with Gasteiger partial charge in [-0.1, -0.05) is 24.3 Å². The summed E-state index contributed by atoms with van der Waals surface area (Å²) >= 11 is 0. The van der Waals surface area contributed by atoms with E-state index >= 15 is 0 Å². The quantitative estimate of drug-likeness (QED) is 0.868. The van der Waals surface area contributed by atoms with Crippen LogP contribution < -0.4 is 4.74 Å². The Labute approximate surface area is 106 Å². The summed E-state index contributed by atoms with van der Waals surface area (Å²) in [5, 5.41) is 10.2. The van der Waals surface area contributed by atoms with Gasteiger partial charge in [0.25, 0.3) is 0 Å². The maximum Gasteiger partial charge on any atom is 0.129 e. The van der Waals surface area contributed by atoms with Gasteiger partial charge in [-0.15, -0.1) is 0 Å². The molecule has 1 aromatic rings. The van der Waals surface area contributed by atoms with Gasteiger partial charge in [0.2, 0.25) is 0 Å². The van der Waals surface area contributed by atoms with Gasteiger partial charge in [-0.25, -0.2) is 4.39 Å². The highest BCUT2D eigenvalue weighted by atomic mass is 19.1. The lowest BCUT2D eigenvalue weighted by molar-refractivity contribution is 0.267. The minimum absolute atomic E-state index is 0.359. The standard InChI is InChI=1S/C15H15FO2/c1-10-5-3-4-6-13(15(10)17)12-8-7-11(16)9-14(12)18-2/h3-9,15,17H,1-2H3. The molecule has 0 radical (unpaired) electrons. The molecule has 3 heteroatoms. The van der Waals surface area contributed by atoms with E-state index in [1.165, 1.54) is 19.2 Å². The molecule has 0 saturated carbocycles. The number of hydrogen-bond acceptors (Lipinski definition) is 2. The van der Waals surface area contributed by atoms with Gasteiger partial charge in [-0.05, 0) is 30.2 Å². The Morgan fingerprint density at radius 3 is 2.67 bits per heavy atom. The molecule has 1 atom stereocenters. The molecule has 1 aliphatic carbocycles. The SMILES string of the molecule is COc1cc(F)ccc1C1=CC=CC=C(C)C1O. The first-order valence-corrected chi connectivity index (χ1v) is 5.70. The zero-order chi connectivity index (χ0) is 13.1. The van der Waals surface area contributed by atoms with Crippen LogP contribution in [0.4, 0.5) is 4.39 Å². The van der Waals surface area contributed by atoms with Crippen LogP contribution in [0.25, 0.3) is 5.57 Å². The first kappa shape index (κ1) is 12.6. The number of halogens is 1. The monoisotopic (exact) mass is 246 g/mol. The minimum Gasteiger partial charge on any atom is -0.496 e. The molecule has 1 N–H and O–H groups in total. The van der Waals surface area contributed by atoms with Crippen LogP contribution in [-0.2, 0) is 0 Å². The lowest BCUT2D eigenvalue weighted by Gasteiger charge is -2.17. The lowest BCUT2D eigenvalue weighted by atomic mass is 9.95. The van der Waals surface area contributed by atoms with Crippen molar-refractivity contribution in [2.75, 3.05) is 7.11 Å². The maximum atomic E-state index is 13.2. The van der Waals surface area contributed by atoms with Crippen molar-refractivity contribution in [3.05, 3.63) is 59.5 Å². The second-order valence-electron chi connectivity index (χ2n) is 4.16. The fourth-order valence-corrected chi connectivity index (χ4v) is 1.93. The van der Waals surface area contributed by atoms with Crippen LogP contribution in [0.2, 0.25) is 0 Å². The highest BCUT2D eigenvalue weighted by molar-refractivity contribution is 5.77. The Morgan fingerprint density at radius 1 is 1.22 bits per heavy atom. The van der Waals surface area contributed by atoms with Crippen molar-refractivity contribution in [1.29, 1.82) is 0 Å². The van der Waals surface area contributed by atoms with Crippen LogP contribution >= 0.6 is 0 Å². The predicted octanol–water partition coefficient (Wildman–Crippen LogP) is 3.09. The number of aliphatic hydroxyl groups is 1. The molecule has 0 heterocycles. The number of hydrogen-bond donors (Lipinski definition) is 1. The molecule has 0 bridgehead atoms. The Balaban J connectivity index is 2.51. The zero-order valence-corrected chi connectivity index (χ0v) is 10.4. The van der Waals surface area contributed by atoms with E-state index in [2.05, 4.69) is 0 Å². The maximum absolute atomic E-state index is 13.2. The third-order valence-electron chi connectivity index (χ3n) is 2.95. The van der Waals surface area contributed by atoms with Crippen molar-refractivity contribution in [3.8, 4) is 5.75 Å². The summed E-state index contributed by atoms with van der Waals surface area (Å²) in [7, 11) is 1.49. The molecular formula is C15H15FO2. The topological polar surface area (TPSA) is 29.5 Å². The summed E-state index contributed by atoms with van der Waals surface area (Å²) in [6, 6.07) is 4.30. The van der Waals surface area contributed by atoms with Crippen LogP contribution in [0.3, 0.4) is 0 Å². The number of allylic oxidation sites excluding steroid dienone is 4. The average molecular weight is 246 g/mol. The molecule has 1 aliphatic rings. The van der Waals surface area contributed by atoms with E-state index in [1.54, 1.807) is 6.07 Å². The van der Waals surface area contributed by atoms with Crippen molar-refractivity contribution >= 4 is 5.57 Å². The van der Waals surface area contributed by atoms with Gasteiger partial charge in [0.05, 0.1) is 7.11 Å². The van der Waals surface area contributed by atoms with E-state index in [4.69, 9.17) is 4.74 Å². The van der Waals surface area contributed by atoms with E-state index < -0.39 is 6.10 Å². The van der Waals surface area contributed by atoms with E-state index in [9.17, 15) is 9.50 Å². The molecule has 2 nitrogen and oxygen atoms in total. The van der Waals surface area contributed by atoms with E-state index in [0.29, 0.717) is 16.9 Å². The second-order valence-corrected chi connectivity index (χ2v) is 4.16.